The van der Waals surface area contributed by atoms with Crippen LogP contribution in [0.1, 0.15) is 30.3 Å². The van der Waals surface area contributed by atoms with Gasteiger partial charge in [0.1, 0.15) is 11.6 Å². The van der Waals surface area contributed by atoms with Crippen LogP contribution >= 0.6 is 0 Å². The van der Waals surface area contributed by atoms with Crippen LogP contribution in [0.5, 0.6) is 0 Å². The molecule has 0 fully saturated rings. The second kappa shape index (κ2) is 5.13. The van der Waals surface area contributed by atoms with Crippen molar-refractivity contribution in [1.82, 2.24) is 9.55 Å². The first-order valence-corrected chi connectivity index (χ1v) is 6.42. The molecule has 1 atom stereocenters. The highest BCUT2D eigenvalue weighted by molar-refractivity contribution is 5.28. The summed E-state index contributed by atoms with van der Waals surface area (Å²) in [4.78, 5) is 4.28. The standard InChI is InChI=1S/C15H20FN3/c1-11-4-5-12(10-13(11)16)15(2,17)7-6-14-18-8-9-19(14)3/h4-5,8-10H,6-7,17H2,1-3H3. The molecule has 2 rings (SSSR count). The number of halogens is 1. The van der Waals surface area contributed by atoms with Crippen LogP contribution in [0.15, 0.2) is 30.6 Å². The molecule has 2 N–H and O–H groups in total. The summed E-state index contributed by atoms with van der Waals surface area (Å²) in [5, 5.41) is 0. The Bertz CT molecular complexity index is 573. The summed E-state index contributed by atoms with van der Waals surface area (Å²) in [6, 6.07) is 5.21. The number of hydrogen-bond donors (Lipinski definition) is 1. The van der Waals surface area contributed by atoms with E-state index >= 15 is 0 Å². The lowest BCUT2D eigenvalue weighted by Crippen LogP contribution is -2.34. The van der Waals surface area contributed by atoms with E-state index in [9.17, 15) is 4.39 Å². The Kier molecular flexibility index (Phi) is 3.71. The summed E-state index contributed by atoms with van der Waals surface area (Å²) in [6.45, 7) is 3.68. The van der Waals surface area contributed by atoms with Crippen molar-refractivity contribution in [3.63, 3.8) is 0 Å². The molecule has 0 saturated heterocycles. The highest BCUT2D eigenvalue weighted by Crippen LogP contribution is 2.25. The average Bonchev–Trinajstić information content (AvgIpc) is 2.76. The number of aromatic nitrogens is 2. The Labute approximate surface area is 113 Å². The van der Waals surface area contributed by atoms with Gasteiger partial charge in [-0.25, -0.2) is 9.37 Å². The molecule has 1 unspecified atom stereocenters. The minimum Gasteiger partial charge on any atom is -0.338 e. The van der Waals surface area contributed by atoms with Gasteiger partial charge in [-0.3, -0.25) is 0 Å². The summed E-state index contributed by atoms with van der Waals surface area (Å²) < 4.78 is 15.6. The monoisotopic (exact) mass is 261 g/mol. The van der Waals surface area contributed by atoms with Gasteiger partial charge >= 0.3 is 0 Å². The zero-order valence-corrected chi connectivity index (χ0v) is 11.7. The van der Waals surface area contributed by atoms with Crippen LogP contribution in [-0.4, -0.2) is 9.55 Å². The second-order valence-corrected chi connectivity index (χ2v) is 5.34. The summed E-state index contributed by atoms with van der Waals surface area (Å²) in [5.41, 5.74) is 7.23. The lowest BCUT2D eigenvalue weighted by Gasteiger charge is -2.25. The molecule has 1 heterocycles. The summed E-state index contributed by atoms with van der Waals surface area (Å²) in [7, 11) is 1.96. The Morgan fingerprint density at radius 3 is 2.74 bits per heavy atom. The van der Waals surface area contributed by atoms with E-state index in [0.717, 1.165) is 24.2 Å². The van der Waals surface area contributed by atoms with E-state index in [1.165, 1.54) is 6.07 Å². The average molecular weight is 261 g/mol. The van der Waals surface area contributed by atoms with Gasteiger partial charge in [0.25, 0.3) is 0 Å². The highest BCUT2D eigenvalue weighted by Gasteiger charge is 2.22. The van der Waals surface area contributed by atoms with E-state index in [2.05, 4.69) is 4.98 Å². The van der Waals surface area contributed by atoms with Crippen LogP contribution in [-0.2, 0) is 19.0 Å². The number of rotatable bonds is 4. The number of nitrogens with two attached hydrogens (primary N) is 1. The number of imidazole rings is 1. The predicted octanol–water partition coefficient (Wildman–Crippen LogP) is 2.67. The van der Waals surface area contributed by atoms with Gasteiger partial charge in [0.05, 0.1) is 0 Å². The molecule has 0 aliphatic rings. The van der Waals surface area contributed by atoms with Crippen LogP contribution in [0.2, 0.25) is 0 Å². The maximum atomic E-state index is 13.6. The van der Waals surface area contributed by atoms with E-state index in [-0.39, 0.29) is 5.82 Å². The van der Waals surface area contributed by atoms with E-state index in [0.29, 0.717) is 5.56 Å². The van der Waals surface area contributed by atoms with E-state index in [1.807, 2.05) is 30.8 Å². The van der Waals surface area contributed by atoms with Gasteiger partial charge in [-0.2, -0.15) is 0 Å². The lowest BCUT2D eigenvalue weighted by atomic mass is 9.88. The van der Waals surface area contributed by atoms with Crippen molar-refractivity contribution >= 4 is 0 Å². The van der Waals surface area contributed by atoms with Gasteiger partial charge in [0.15, 0.2) is 0 Å². The molecular weight excluding hydrogens is 241 g/mol. The van der Waals surface area contributed by atoms with Crippen molar-refractivity contribution in [2.24, 2.45) is 12.8 Å². The minimum atomic E-state index is -0.555. The van der Waals surface area contributed by atoms with Crippen molar-refractivity contribution in [2.75, 3.05) is 0 Å². The Morgan fingerprint density at radius 1 is 1.42 bits per heavy atom. The Hall–Kier alpha value is -1.68. The molecule has 1 aromatic carbocycles. The molecular formula is C15H20FN3. The minimum absolute atomic E-state index is 0.203. The molecule has 0 aliphatic carbocycles. The molecule has 4 heteroatoms. The smallest absolute Gasteiger partial charge is 0.126 e. The molecule has 2 aromatic rings. The Balaban J connectivity index is 2.13. The number of hydrogen-bond acceptors (Lipinski definition) is 2. The highest BCUT2D eigenvalue weighted by atomic mass is 19.1. The van der Waals surface area contributed by atoms with Gasteiger partial charge < -0.3 is 10.3 Å². The summed E-state index contributed by atoms with van der Waals surface area (Å²) in [5.74, 6) is 0.787. The largest absolute Gasteiger partial charge is 0.338 e. The molecule has 19 heavy (non-hydrogen) atoms. The fourth-order valence-corrected chi connectivity index (χ4v) is 2.10. The molecule has 3 nitrogen and oxygen atoms in total. The van der Waals surface area contributed by atoms with Crippen LogP contribution in [0.3, 0.4) is 0 Å². The number of nitrogens with zero attached hydrogens (tertiary/aromatic N) is 2. The van der Waals surface area contributed by atoms with Crippen LogP contribution in [0, 0.1) is 12.7 Å². The van der Waals surface area contributed by atoms with Gasteiger partial charge in [-0.1, -0.05) is 12.1 Å². The van der Waals surface area contributed by atoms with Crippen molar-refractivity contribution in [3.05, 3.63) is 53.4 Å². The third-order valence-corrected chi connectivity index (χ3v) is 3.62. The van der Waals surface area contributed by atoms with Gasteiger partial charge in [0.2, 0.25) is 0 Å². The third-order valence-electron chi connectivity index (χ3n) is 3.62. The number of benzene rings is 1. The summed E-state index contributed by atoms with van der Waals surface area (Å²) >= 11 is 0. The van der Waals surface area contributed by atoms with Gasteiger partial charge in [0, 0.05) is 31.4 Å². The van der Waals surface area contributed by atoms with Crippen molar-refractivity contribution in [3.8, 4) is 0 Å². The van der Waals surface area contributed by atoms with Gasteiger partial charge in [-0.15, -0.1) is 0 Å². The first kappa shape index (κ1) is 13.7. The van der Waals surface area contributed by atoms with E-state index in [4.69, 9.17) is 5.73 Å². The van der Waals surface area contributed by atoms with E-state index < -0.39 is 5.54 Å². The van der Waals surface area contributed by atoms with Crippen LogP contribution < -0.4 is 5.73 Å². The van der Waals surface area contributed by atoms with E-state index in [1.54, 1.807) is 19.2 Å². The maximum Gasteiger partial charge on any atom is 0.126 e. The fourth-order valence-electron chi connectivity index (χ4n) is 2.10. The topological polar surface area (TPSA) is 43.8 Å². The molecule has 0 aliphatic heterocycles. The van der Waals surface area contributed by atoms with Crippen molar-refractivity contribution in [2.45, 2.75) is 32.2 Å². The predicted molar refractivity (Wildman–Crippen MR) is 74.2 cm³/mol. The SMILES string of the molecule is Cc1ccc(C(C)(N)CCc2nccn2C)cc1F. The second-order valence-electron chi connectivity index (χ2n) is 5.34. The first-order chi connectivity index (χ1) is 8.90. The summed E-state index contributed by atoms with van der Waals surface area (Å²) in [6.07, 6.45) is 5.18. The molecule has 0 bridgehead atoms. The van der Waals surface area contributed by atoms with Gasteiger partial charge in [-0.05, 0) is 37.5 Å². The zero-order chi connectivity index (χ0) is 14.0. The Morgan fingerprint density at radius 2 is 2.16 bits per heavy atom. The molecule has 1 aromatic heterocycles. The fraction of sp³-hybridized carbons (Fsp3) is 0.400. The molecule has 0 radical (unpaired) electrons. The molecule has 102 valence electrons. The molecule has 0 spiro atoms. The quantitative estimate of drug-likeness (QED) is 0.919. The normalized spacial score (nSPS) is 14.4. The van der Waals surface area contributed by atoms with Crippen LogP contribution in [0.25, 0.3) is 0 Å². The number of aryl methyl sites for hydroxylation is 3. The zero-order valence-electron chi connectivity index (χ0n) is 11.7. The maximum absolute atomic E-state index is 13.6. The third kappa shape index (κ3) is 3.01. The van der Waals surface area contributed by atoms with Crippen LogP contribution in [0.4, 0.5) is 4.39 Å². The first-order valence-electron chi connectivity index (χ1n) is 6.42. The molecule has 0 amide bonds. The molecule has 0 saturated carbocycles. The lowest BCUT2D eigenvalue weighted by molar-refractivity contribution is 0.441. The van der Waals surface area contributed by atoms with Crippen molar-refractivity contribution in [1.29, 1.82) is 0 Å². The van der Waals surface area contributed by atoms with Crippen molar-refractivity contribution < 1.29 is 4.39 Å².